The molecule has 0 aliphatic carbocycles. The molecule has 15 nitrogen and oxygen atoms in total. The molecule has 3 aromatic heterocycles. The molecule has 12 rings (SSSR count). The molecule has 0 radical (unpaired) electrons. The standard InChI is InChI=1S/C20H18ClNO4S.C20H18FNO4S.C20H19NO4S/c1-12-16(9-13-2-5-19-14(8-13)6-7-27(19,25)26)17-10-15(21)3-4-18(17)22(12)11-20(23)24;1-12-16(9-13-3-2-4-19-15(13)7-8-27(19,25)26)17-10-14(21)5-6-18(17)22(12)11-20(23)24;1-13-17(16-4-2-3-5-18(16)21(13)12-20(22)23)11-14-6-7-19-15(10-14)8-9-26(19,24)25/h2-5,8,10H,6-7,9,11H2,1H3,(H,23,24);2-6,10H,7-9,11H2,1H3,(H,23,24);2-7,10H,8-9,11-12H2,1H3,(H,22,23). The van der Waals surface area contributed by atoms with E-state index in [0.717, 1.165) is 89.0 Å². The monoisotopic (exact) mass is 1160 g/mol. The van der Waals surface area contributed by atoms with E-state index in [-0.39, 0.29) is 36.9 Å². The largest absolute Gasteiger partial charge is 0.480 e. The predicted molar refractivity (Wildman–Crippen MR) is 303 cm³/mol. The van der Waals surface area contributed by atoms with Crippen LogP contribution in [0.4, 0.5) is 4.39 Å². The van der Waals surface area contributed by atoms with E-state index in [0.29, 0.717) is 69.1 Å². The Balaban J connectivity index is 0.000000135. The molecule has 6 heterocycles. The quantitative estimate of drug-likeness (QED) is 0.104. The average Bonchev–Trinajstić information content (AvgIpc) is 4.31. The third-order valence-corrected chi connectivity index (χ3v) is 21.2. The van der Waals surface area contributed by atoms with Crippen LogP contribution in [-0.2, 0) is 102 Å². The van der Waals surface area contributed by atoms with E-state index in [2.05, 4.69) is 0 Å². The Kier molecular flexibility index (Phi) is 15.0. The van der Waals surface area contributed by atoms with Crippen molar-refractivity contribution in [1.29, 1.82) is 0 Å². The fraction of sp³-hybridized carbons (Fsp3) is 0.250. The first kappa shape index (κ1) is 55.7. The molecule has 9 aromatic rings. The molecule has 20 heteroatoms. The average molecular weight is 1160 g/mol. The summed E-state index contributed by atoms with van der Waals surface area (Å²) in [6.45, 7) is 5.26. The van der Waals surface area contributed by atoms with E-state index in [4.69, 9.17) is 11.6 Å². The van der Waals surface area contributed by atoms with E-state index in [1.54, 1.807) is 45.5 Å². The van der Waals surface area contributed by atoms with Crippen LogP contribution < -0.4 is 0 Å². The van der Waals surface area contributed by atoms with Crippen molar-refractivity contribution in [2.24, 2.45) is 0 Å². The number of fused-ring (bicyclic) bond motifs is 6. The van der Waals surface area contributed by atoms with Crippen molar-refractivity contribution < 1.29 is 59.3 Å². The highest BCUT2D eigenvalue weighted by Gasteiger charge is 2.30. The summed E-state index contributed by atoms with van der Waals surface area (Å²) in [5.74, 6) is -2.69. The molecular formula is C60H55ClFN3O12S3. The maximum atomic E-state index is 13.9. The molecule has 80 heavy (non-hydrogen) atoms. The van der Waals surface area contributed by atoms with E-state index in [1.165, 1.54) is 12.1 Å². The minimum absolute atomic E-state index is 0.0746. The summed E-state index contributed by atoms with van der Waals surface area (Å²) < 4.78 is 91.6. The number of aliphatic carboxylic acids is 3. The number of hydrogen-bond acceptors (Lipinski definition) is 9. The van der Waals surface area contributed by atoms with Gasteiger partial charge >= 0.3 is 17.9 Å². The molecule has 0 spiro atoms. The van der Waals surface area contributed by atoms with E-state index in [9.17, 15) is 59.3 Å². The third kappa shape index (κ3) is 10.8. The van der Waals surface area contributed by atoms with Crippen LogP contribution in [0.25, 0.3) is 32.7 Å². The van der Waals surface area contributed by atoms with Crippen LogP contribution in [0.3, 0.4) is 0 Å². The molecule has 3 aliphatic rings. The zero-order valence-electron chi connectivity index (χ0n) is 43.8. The molecule has 6 aromatic carbocycles. The zero-order valence-corrected chi connectivity index (χ0v) is 47.0. The van der Waals surface area contributed by atoms with Gasteiger partial charge in [-0.2, -0.15) is 0 Å². The Hall–Kier alpha value is -7.58. The molecule has 0 amide bonds. The highest BCUT2D eigenvalue weighted by Crippen LogP contribution is 2.36. The van der Waals surface area contributed by atoms with E-state index >= 15 is 0 Å². The van der Waals surface area contributed by atoms with E-state index < -0.39 is 53.2 Å². The maximum absolute atomic E-state index is 13.9. The first-order valence-electron chi connectivity index (χ1n) is 25.7. The SMILES string of the molecule is Cc1c(Cc2ccc3c(c2)CCS3(=O)=O)c2cc(Cl)ccc2n1CC(=O)O.Cc1c(Cc2ccc3c(c2)CCS3(=O)=O)c2ccccc2n1CC(=O)O.Cc1c(Cc2cccc3c2CCS3(=O)=O)c2cc(F)ccc2n1CC(=O)O. The second-order valence-corrected chi connectivity index (χ2v) is 27.2. The van der Waals surface area contributed by atoms with Gasteiger partial charge in [0.05, 0.1) is 31.9 Å². The molecule has 0 saturated carbocycles. The number of aromatic nitrogens is 3. The Morgan fingerprint density at radius 2 is 0.938 bits per heavy atom. The Labute approximate surface area is 466 Å². The number of carbonyl (C=O) groups is 3. The van der Waals surface area contributed by atoms with Gasteiger partial charge < -0.3 is 29.0 Å². The molecule has 3 aliphatic heterocycles. The molecular weight excluding hydrogens is 1110 g/mol. The highest BCUT2D eigenvalue weighted by atomic mass is 35.5. The van der Waals surface area contributed by atoms with Gasteiger partial charge in [0.15, 0.2) is 29.5 Å². The van der Waals surface area contributed by atoms with Crippen molar-refractivity contribution in [3.05, 3.63) is 193 Å². The summed E-state index contributed by atoms with van der Waals surface area (Å²) in [5.41, 5.74) is 13.4. The van der Waals surface area contributed by atoms with Gasteiger partial charge in [0.1, 0.15) is 25.5 Å². The summed E-state index contributed by atoms with van der Waals surface area (Å²) >= 11 is 6.18. The number of carboxylic acids is 3. The molecule has 3 N–H and O–H groups in total. The van der Waals surface area contributed by atoms with Gasteiger partial charge in [-0.05, 0) is 164 Å². The van der Waals surface area contributed by atoms with Crippen LogP contribution in [0.2, 0.25) is 5.02 Å². The van der Waals surface area contributed by atoms with Crippen molar-refractivity contribution in [2.75, 3.05) is 17.3 Å². The fourth-order valence-electron chi connectivity index (χ4n) is 11.7. The lowest BCUT2D eigenvalue weighted by molar-refractivity contribution is -0.138. The number of benzene rings is 6. The molecule has 0 atom stereocenters. The predicted octanol–water partition coefficient (Wildman–Crippen LogP) is 9.66. The number of sulfone groups is 3. The number of aryl methyl sites for hydroxylation is 2. The van der Waals surface area contributed by atoms with E-state index in [1.807, 2.05) is 92.1 Å². The Morgan fingerprint density at radius 1 is 0.487 bits per heavy atom. The lowest BCUT2D eigenvalue weighted by Gasteiger charge is -2.09. The maximum Gasteiger partial charge on any atom is 0.323 e. The lowest BCUT2D eigenvalue weighted by Crippen LogP contribution is -2.10. The zero-order chi connectivity index (χ0) is 57.2. The van der Waals surface area contributed by atoms with Gasteiger partial charge in [0, 0.05) is 61.2 Å². The summed E-state index contributed by atoms with van der Waals surface area (Å²) in [5, 5.41) is 30.9. The van der Waals surface area contributed by atoms with Gasteiger partial charge in [-0.3, -0.25) is 14.4 Å². The van der Waals surface area contributed by atoms with Crippen LogP contribution in [-0.4, -0.2) is 89.4 Å². The molecule has 414 valence electrons. The van der Waals surface area contributed by atoms with Crippen LogP contribution in [0, 0.1) is 26.6 Å². The Morgan fingerprint density at radius 3 is 1.48 bits per heavy atom. The second kappa shape index (κ2) is 21.5. The van der Waals surface area contributed by atoms with Gasteiger partial charge in [0.2, 0.25) is 0 Å². The number of nitrogens with zero attached hydrogens (tertiary/aromatic N) is 3. The summed E-state index contributed by atoms with van der Waals surface area (Å²) in [6, 6.07) is 33.8. The number of carboxylic acid groups (broad SMARTS) is 3. The number of hydrogen-bond donors (Lipinski definition) is 3. The van der Waals surface area contributed by atoms with Gasteiger partial charge in [-0.25, -0.2) is 29.6 Å². The van der Waals surface area contributed by atoms with Crippen molar-refractivity contribution in [3.8, 4) is 0 Å². The molecule has 0 fully saturated rings. The minimum Gasteiger partial charge on any atom is -0.480 e. The van der Waals surface area contributed by atoms with Gasteiger partial charge in [-0.1, -0.05) is 66.2 Å². The smallest absolute Gasteiger partial charge is 0.323 e. The minimum atomic E-state index is -3.23. The fourth-order valence-corrected chi connectivity index (χ4v) is 16.6. The summed E-state index contributed by atoms with van der Waals surface area (Å²) in [7, 11) is -9.49. The van der Waals surface area contributed by atoms with Crippen molar-refractivity contribution in [3.63, 3.8) is 0 Å². The van der Waals surface area contributed by atoms with Crippen LogP contribution in [0.1, 0.15) is 67.2 Å². The summed E-state index contributed by atoms with van der Waals surface area (Å²) in [6.07, 6.45) is 3.23. The van der Waals surface area contributed by atoms with Crippen LogP contribution >= 0.6 is 11.6 Å². The third-order valence-electron chi connectivity index (χ3n) is 15.6. The second-order valence-electron chi connectivity index (χ2n) is 20.5. The summed E-state index contributed by atoms with van der Waals surface area (Å²) in [4.78, 5) is 35.0. The van der Waals surface area contributed by atoms with Crippen LogP contribution in [0.15, 0.2) is 130 Å². The Bertz CT molecular complexity index is 4430. The number of halogens is 2. The van der Waals surface area contributed by atoms with Crippen molar-refractivity contribution in [1.82, 2.24) is 13.7 Å². The first-order valence-corrected chi connectivity index (χ1v) is 31.0. The normalized spacial score (nSPS) is 15.2. The number of rotatable bonds is 12. The molecule has 0 unspecified atom stereocenters. The van der Waals surface area contributed by atoms with Crippen molar-refractivity contribution >= 4 is 91.7 Å². The highest BCUT2D eigenvalue weighted by molar-refractivity contribution is 7.92. The number of para-hydroxylation sites is 1. The first-order chi connectivity index (χ1) is 37.9. The van der Waals surface area contributed by atoms with Gasteiger partial charge in [0.25, 0.3) is 0 Å². The topological polar surface area (TPSA) is 229 Å². The van der Waals surface area contributed by atoms with Crippen LogP contribution in [0.5, 0.6) is 0 Å². The van der Waals surface area contributed by atoms with Gasteiger partial charge in [-0.15, -0.1) is 0 Å². The molecule has 0 bridgehead atoms. The molecule has 0 saturated heterocycles. The van der Waals surface area contributed by atoms with Crippen molar-refractivity contribution in [2.45, 2.75) is 93.6 Å². The lowest BCUT2D eigenvalue weighted by atomic mass is 9.96.